The van der Waals surface area contributed by atoms with Gasteiger partial charge in [-0.3, -0.25) is 96.2 Å². The molecule has 6 rings (SSSR count). The van der Waals surface area contributed by atoms with Crippen LogP contribution in [0, 0.1) is 13.8 Å². The van der Waals surface area contributed by atoms with Crippen LogP contribution in [0.4, 0.5) is 0 Å². The zero-order valence-corrected chi connectivity index (χ0v) is 71.4. The molecule has 6 amide bonds. The lowest BCUT2D eigenvalue weighted by Crippen LogP contribution is -2.57. The van der Waals surface area contributed by atoms with Crippen molar-refractivity contribution in [2.75, 3.05) is 197 Å². The number of aryl methyl sites for hydroxylation is 2. The van der Waals surface area contributed by atoms with Crippen molar-refractivity contribution in [3.63, 3.8) is 0 Å². The second-order valence-electron chi connectivity index (χ2n) is 30.3. The van der Waals surface area contributed by atoms with Crippen molar-refractivity contribution in [3.8, 4) is 0 Å². The number of carbonyl (C=O) groups excluding carboxylic acids is 6. The number of benzene rings is 2. The van der Waals surface area contributed by atoms with Crippen LogP contribution in [0.1, 0.15) is 114 Å². The molecule has 4 aromatic rings. The van der Waals surface area contributed by atoms with Gasteiger partial charge in [0.1, 0.15) is 43.3 Å². The molecule has 2 saturated heterocycles. The highest BCUT2D eigenvalue weighted by atomic mass is 31.2. The van der Waals surface area contributed by atoms with E-state index in [1.54, 1.807) is 50.5 Å². The van der Waals surface area contributed by atoms with E-state index < -0.39 is 109 Å². The summed E-state index contributed by atoms with van der Waals surface area (Å²) in [5.41, 5.74) is 5.31. The Morgan fingerprint density at radius 1 is 0.368 bits per heavy atom. The lowest BCUT2D eigenvalue weighted by atomic mass is 10.0. The lowest BCUT2D eigenvalue weighted by Gasteiger charge is -2.34. The van der Waals surface area contributed by atoms with E-state index in [1.807, 2.05) is 84.3 Å². The Hall–Kier alpha value is -5.76. The Bertz CT molecular complexity index is 3820. The number of hydrogen-bond acceptors (Lipinski definition) is 23. The second kappa shape index (κ2) is 53.2. The molecule has 2 aliphatic rings. The molecule has 117 heavy (non-hydrogen) atoms. The smallest absolute Gasteiger partial charge is 0.339 e. The first-order valence-corrected chi connectivity index (χ1v) is 47.1. The Morgan fingerprint density at radius 2 is 0.650 bits per heavy atom. The van der Waals surface area contributed by atoms with Crippen LogP contribution in [0.3, 0.4) is 0 Å². The summed E-state index contributed by atoms with van der Waals surface area (Å²) >= 11 is 0. The summed E-state index contributed by atoms with van der Waals surface area (Å²) in [7, 11) is -11.5. The normalized spacial score (nSPS) is 17.1. The van der Waals surface area contributed by atoms with Gasteiger partial charge in [0.25, 0.3) is 0 Å². The minimum absolute atomic E-state index is 0. The Morgan fingerprint density at radius 3 is 0.949 bits per heavy atom. The summed E-state index contributed by atoms with van der Waals surface area (Å²) in [4.78, 5) is 189. The Kier molecular flexibility index (Phi) is 47.1. The van der Waals surface area contributed by atoms with E-state index in [0.29, 0.717) is 104 Å². The third kappa shape index (κ3) is 42.5. The van der Waals surface area contributed by atoms with Crippen molar-refractivity contribution in [3.05, 3.63) is 83.2 Å². The fraction of sp³-hybridized carbons (Fsp3) is 0.684. The van der Waals surface area contributed by atoms with E-state index in [2.05, 4.69) is 47.9 Å². The maximum atomic E-state index is 14.6. The highest BCUT2D eigenvalue weighted by Gasteiger charge is 2.33. The molecule has 2 fully saturated rings. The van der Waals surface area contributed by atoms with Crippen molar-refractivity contribution >= 4 is 87.6 Å². The first-order chi connectivity index (χ1) is 54.5. The van der Waals surface area contributed by atoms with E-state index in [1.165, 1.54) is 7.05 Å². The largest absolute Gasteiger partial charge is 0.357 e. The van der Waals surface area contributed by atoms with Crippen molar-refractivity contribution in [2.24, 2.45) is 0 Å². The van der Waals surface area contributed by atoms with E-state index in [4.69, 9.17) is 9.97 Å². The number of pyridine rings is 2. The van der Waals surface area contributed by atoms with Crippen molar-refractivity contribution in [2.45, 2.75) is 143 Å². The molecule has 0 bridgehead atoms. The summed E-state index contributed by atoms with van der Waals surface area (Å²) in [5, 5.41) is 28.3. The van der Waals surface area contributed by atoms with E-state index in [-0.39, 0.29) is 151 Å². The number of nitrogens with one attached hydrogen (secondary N) is 9. The molecule has 2 aliphatic heterocycles. The van der Waals surface area contributed by atoms with E-state index >= 15 is 0 Å². The minimum atomic E-state index is -4.55. The number of hydrogen-bond donors (Lipinski definition) is 17. The maximum absolute atomic E-state index is 14.6. The molecule has 17 N–H and O–H groups in total. The number of amides is 6. The van der Waals surface area contributed by atoms with Gasteiger partial charge in [0.2, 0.25) is 35.4 Å². The summed E-state index contributed by atoms with van der Waals surface area (Å²) < 4.78 is 49.9. The molecule has 664 valence electrons. The van der Waals surface area contributed by atoms with Crippen LogP contribution in [-0.2, 0) is 60.1 Å². The summed E-state index contributed by atoms with van der Waals surface area (Å²) in [6, 6.07) is 15.6. The number of nitrogens with zero attached hydrogens (tertiary/aromatic N) is 10. The minimum Gasteiger partial charge on any atom is -0.357 e. The topological polar surface area (TPSA) is 493 Å². The predicted molar refractivity (Wildman–Crippen MR) is 456 cm³/mol. The monoisotopic (exact) mass is 1730 g/mol. The van der Waals surface area contributed by atoms with Gasteiger partial charge in [-0.1, -0.05) is 50.2 Å². The van der Waals surface area contributed by atoms with Gasteiger partial charge in [0, 0.05) is 149 Å². The lowest BCUT2D eigenvalue weighted by molar-refractivity contribution is -0.134. The molecule has 4 unspecified atom stereocenters. The van der Waals surface area contributed by atoms with Gasteiger partial charge >= 0.3 is 30.4 Å². The first-order valence-electron chi connectivity index (χ1n) is 39.9. The summed E-state index contributed by atoms with van der Waals surface area (Å²) in [6.07, 6.45) is 2.65. The van der Waals surface area contributed by atoms with Gasteiger partial charge < -0.3 is 87.0 Å². The molecule has 41 heteroatoms. The van der Waals surface area contributed by atoms with Gasteiger partial charge in [-0.05, 0) is 162 Å². The summed E-state index contributed by atoms with van der Waals surface area (Å²) in [5.74, 6) is -2.96. The number of fused-ring (bicyclic) bond motifs is 2. The number of aromatic nitrogens is 2. The molecule has 2 aromatic carbocycles. The fourth-order valence-corrected chi connectivity index (χ4v) is 17.2. The quantitative estimate of drug-likeness (QED) is 0.0220. The third-order valence-corrected chi connectivity index (χ3v) is 23.4. The maximum Gasteiger partial charge on any atom is 0.339 e. The van der Waals surface area contributed by atoms with Gasteiger partial charge in [-0.15, -0.1) is 0 Å². The van der Waals surface area contributed by atoms with Crippen LogP contribution >= 0.6 is 30.4 Å². The highest BCUT2D eigenvalue weighted by Crippen LogP contribution is 2.38. The molecule has 0 saturated carbocycles. The standard InChI is InChI=1S/C74H129N19O18P4.2CH4/c1-57-19-25-63-59(47-57)21-23-61(81-63)49-86-31-39-90(53-112(100,101)102)43-35-88(36-44-91(40-32-86)54-113(103,104)105)51-69(94)79-29-13-9-15-65(77-5)72(97)84-67(17-8-12-28-76-4)74(99)85-68(73(98)83-66(71(96)78-6)16-7-11-27-75-3)18-10-14-30-80-70(95)52-89-37-45-92(55-114(106,107)108)41-33-87(34-42-93(46-38-89)56-115(109,110)111)50-62-24-22-60-48-58(2)20-26-64(60)82-62;;/h19-26,47-48,65-68,75-77H,7-18,27-46,49-56H2,1-6H3,(H,78,96)(H,79,94)(H,80,95)(H,83,98)(H,84,97)(H,85,99)(H2,100,101,102)(H2,103,104,105)(H2,106,107,108)(H2,109,110,111);2*1H4. The van der Waals surface area contributed by atoms with Gasteiger partial charge in [0.05, 0.1) is 41.6 Å². The van der Waals surface area contributed by atoms with E-state index in [9.17, 15) is 86.2 Å². The molecule has 2 aromatic heterocycles. The van der Waals surface area contributed by atoms with Gasteiger partial charge in [-0.25, -0.2) is 0 Å². The molecule has 0 spiro atoms. The average molecular weight is 1730 g/mol. The average Bonchev–Trinajstić information content (AvgIpc) is 0.829. The van der Waals surface area contributed by atoms with Crippen LogP contribution in [0.15, 0.2) is 60.7 Å². The molecule has 4 atom stereocenters. The summed E-state index contributed by atoms with van der Waals surface area (Å²) in [6.45, 7) is 9.76. The number of likely N-dealkylation sites (N-methyl/N-ethyl adjacent to an activating group) is 2. The van der Waals surface area contributed by atoms with Crippen LogP contribution in [-0.4, -0.2) is 345 Å². The fourth-order valence-electron chi connectivity index (χ4n) is 14.0. The highest BCUT2D eigenvalue weighted by molar-refractivity contribution is 7.52. The number of unbranched alkanes of at least 4 members (excludes halogenated alkanes) is 4. The molecule has 0 aliphatic carbocycles. The number of carbonyl (C=O) groups is 6. The molecular formula is C76H137N19O18P4. The Balaban J connectivity index is 0.0000144. The zero-order chi connectivity index (χ0) is 84.1. The van der Waals surface area contributed by atoms with Gasteiger partial charge in [-0.2, -0.15) is 0 Å². The zero-order valence-electron chi connectivity index (χ0n) is 67.8. The molecule has 0 radical (unpaired) electrons. The molecular weight excluding hydrogens is 1590 g/mol. The SMILES string of the molecule is C.C.CNCCCCC(NC(=O)C(CCCCNC(=O)CN1CCN(CP(=O)(O)O)CCN(Cc2ccc3cc(C)ccc3n2)CCN(CP(=O)(O)O)CC1)NC(=O)C(CCCCNC)NC(=O)C(CCCCNC(=O)CN1CCN(CP(=O)(O)O)CCN(Cc2ccc3cc(C)ccc3n2)CCN(CP(=O)(O)O)CC1)NC)C(=O)NC. The van der Waals surface area contributed by atoms with Crippen LogP contribution in [0.25, 0.3) is 21.8 Å². The van der Waals surface area contributed by atoms with Crippen molar-refractivity contribution in [1.29, 1.82) is 0 Å². The third-order valence-electron chi connectivity index (χ3n) is 20.3. The van der Waals surface area contributed by atoms with Crippen LogP contribution in [0.2, 0.25) is 0 Å². The van der Waals surface area contributed by atoms with Crippen LogP contribution in [0.5, 0.6) is 0 Å². The van der Waals surface area contributed by atoms with Gasteiger partial charge in [0.15, 0.2) is 0 Å². The van der Waals surface area contributed by atoms with Crippen molar-refractivity contribution < 1.29 is 86.2 Å². The van der Waals surface area contributed by atoms with Crippen molar-refractivity contribution in [1.82, 2.24) is 97.0 Å². The Labute approximate surface area is 691 Å². The molecule has 37 nitrogen and oxygen atoms in total. The number of rotatable bonds is 44. The van der Waals surface area contributed by atoms with Crippen LogP contribution < -0.4 is 47.9 Å². The first kappa shape index (κ1) is 104. The van der Waals surface area contributed by atoms with E-state index in [0.717, 1.165) is 44.3 Å². The second-order valence-corrected chi connectivity index (χ2v) is 36.8. The molecule has 4 heterocycles. The predicted octanol–water partition coefficient (Wildman–Crippen LogP) is 1.50.